The van der Waals surface area contributed by atoms with Crippen LogP contribution in [-0.2, 0) is 6.42 Å². The van der Waals surface area contributed by atoms with Gasteiger partial charge in [0.05, 0.1) is 0 Å². The zero-order valence-corrected chi connectivity index (χ0v) is 11.6. The quantitative estimate of drug-likeness (QED) is 0.827. The Morgan fingerprint density at radius 2 is 2.26 bits per heavy atom. The minimum atomic E-state index is -0.0363. The number of carbonyl (C=O) groups excluding carboxylic acids is 1. The molecule has 1 aromatic rings. The van der Waals surface area contributed by atoms with E-state index in [1.54, 1.807) is 6.07 Å². The first-order valence-electron chi connectivity index (χ1n) is 7.23. The molecule has 1 heterocycles. The van der Waals surface area contributed by atoms with E-state index in [0.29, 0.717) is 11.4 Å². The Hall–Kier alpha value is -1.58. The lowest BCUT2D eigenvalue weighted by Crippen LogP contribution is -2.27. The summed E-state index contributed by atoms with van der Waals surface area (Å²) in [7, 11) is 0. The van der Waals surface area contributed by atoms with Crippen LogP contribution in [0.4, 0.5) is 5.82 Å². The molecule has 0 saturated heterocycles. The van der Waals surface area contributed by atoms with Crippen LogP contribution in [0, 0.1) is 5.92 Å². The van der Waals surface area contributed by atoms with Gasteiger partial charge in [0.1, 0.15) is 5.82 Å². The zero-order chi connectivity index (χ0) is 13.7. The van der Waals surface area contributed by atoms with Gasteiger partial charge in [0, 0.05) is 17.8 Å². The summed E-state index contributed by atoms with van der Waals surface area (Å²) in [5, 5.41) is 2.97. The summed E-state index contributed by atoms with van der Waals surface area (Å²) in [6, 6.07) is 3.50. The van der Waals surface area contributed by atoms with Crippen molar-refractivity contribution < 1.29 is 4.79 Å². The molecule has 0 unspecified atom stereocenters. The third-order valence-corrected chi connectivity index (χ3v) is 3.73. The van der Waals surface area contributed by atoms with Gasteiger partial charge in [-0.15, -0.1) is 0 Å². The second-order valence-electron chi connectivity index (χ2n) is 5.36. The highest BCUT2D eigenvalue weighted by molar-refractivity contribution is 5.94. The van der Waals surface area contributed by atoms with E-state index in [-0.39, 0.29) is 5.91 Å². The van der Waals surface area contributed by atoms with Gasteiger partial charge in [-0.2, -0.15) is 0 Å². The van der Waals surface area contributed by atoms with E-state index in [0.717, 1.165) is 37.4 Å². The molecule has 0 aliphatic heterocycles. The monoisotopic (exact) mass is 261 g/mol. The van der Waals surface area contributed by atoms with Crippen LogP contribution in [0.25, 0.3) is 0 Å². The number of nitrogens with one attached hydrogen (secondary N) is 1. The van der Waals surface area contributed by atoms with Crippen molar-refractivity contribution in [1.82, 2.24) is 10.3 Å². The predicted octanol–water partition coefficient (Wildman–Crippen LogP) is 2.54. The lowest BCUT2D eigenvalue weighted by Gasteiger charge is -2.25. The van der Waals surface area contributed by atoms with Gasteiger partial charge in [-0.05, 0) is 30.9 Å². The van der Waals surface area contributed by atoms with Gasteiger partial charge in [0.25, 0.3) is 5.91 Å². The van der Waals surface area contributed by atoms with E-state index in [4.69, 9.17) is 5.73 Å². The van der Waals surface area contributed by atoms with E-state index in [9.17, 15) is 4.79 Å². The van der Waals surface area contributed by atoms with Crippen molar-refractivity contribution in [3.63, 3.8) is 0 Å². The molecule has 4 heteroatoms. The van der Waals surface area contributed by atoms with Crippen molar-refractivity contribution >= 4 is 11.7 Å². The molecule has 104 valence electrons. The summed E-state index contributed by atoms with van der Waals surface area (Å²) in [4.78, 5) is 16.3. The van der Waals surface area contributed by atoms with Crippen molar-refractivity contribution in [1.29, 1.82) is 0 Å². The molecule has 3 N–H and O–H groups in total. The molecule has 0 atom stereocenters. The third-order valence-electron chi connectivity index (χ3n) is 3.73. The average molecular weight is 261 g/mol. The van der Waals surface area contributed by atoms with Crippen LogP contribution in [-0.4, -0.2) is 17.4 Å². The van der Waals surface area contributed by atoms with E-state index in [2.05, 4.69) is 17.2 Å². The Morgan fingerprint density at radius 3 is 2.89 bits per heavy atom. The number of carbonyl (C=O) groups is 1. The van der Waals surface area contributed by atoms with Crippen LogP contribution in [0.1, 0.15) is 55.1 Å². The molecular weight excluding hydrogens is 238 g/mol. The number of amides is 1. The van der Waals surface area contributed by atoms with Gasteiger partial charge in [0.2, 0.25) is 0 Å². The number of hydrogen-bond donors (Lipinski definition) is 2. The zero-order valence-electron chi connectivity index (χ0n) is 11.6. The highest BCUT2D eigenvalue weighted by Crippen LogP contribution is 2.28. The fourth-order valence-corrected chi connectivity index (χ4v) is 2.40. The molecule has 0 spiro atoms. The van der Waals surface area contributed by atoms with Crippen molar-refractivity contribution in [2.24, 2.45) is 5.92 Å². The van der Waals surface area contributed by atoms with Gasteiger partial charge in [-0.3, -0.25) is 4.79 Å². The standard InChI is InChI=1S/C15H23N3O/c1-2-4-13-9-12(10-14(16)18-13)15(19)17-8-7-11-5-3-6-11/h9-11H,2-8H2,1H3,(H2,16,18)(H,17,19). The first kappa shape index (κ1) is 13.8. The van der Waals surface area contributed by atoms with Crippen molar-refractivity contribution in [3.05, 3.63) is 23.4 Å². The second kappa shape index (κ2) is 6.55. The Balaban J connectivity index is 1.89. The van der Waals surface area contributed by atoms with E-state index in [1.165, 1.54) is 19.3 Å². The number of rotatable bonds is 6. The third kappa shape index (κ3) is 3.94. The largest absolute Gasteiger partial charge is 0.384 e. The minimum Gasteiger partial charge on any atom is -0.384 e. The first-order chi connectivity index (χ1) is 9.19. The Morgan fingerprint density at radius 1 is 1.47 bits per heavy atom. The van der Waals surface area contributed by atoms with Crippen LogP contribution in [0.2, 0.25) is 0 Å². The van der Waals surface area contributed by atoms with Gasteiger partial charge in [0.15, 0.2) is 0 Å². The Labute approximate surface area is 114 Å². The smallest absolute Gasteiger partial charge is 0.251 e. The number of nitrogen functional groups attached to an aromatic ring is 1. The minimum absolute atomic E-state index is 0.0363. The molecule has 1 saturated carbocycles. The summed E-state index contributed by atoms with van der Waals surface area (Å²) >= 11 is 0. The number of nitrogens with two attached hydrogens (primary N) is 1. The molecule has 1 amide bonds. The van der Waals surface area contributed by atoms with E-state index in [1.807, 2.05) is 6.07 Å². The van der Waals surface area contributed by atoms with Crippen LogP contribution in [0.15, 0.2) is 12.1 Å². The molecule has 4 nitrogen and oxygen atoms in total. The normalized spacial score (nSPS) is 15.0. The Kier molecular flexibility index (Phi) is 4.77. The van der Waals surface area contributed by atoms with Crippen LogP contribution >= 0.6 is 0 Å². The molecular formula is C15H23N3O. The molecule has 1 aliphatic carbocycles. The number of aryl methyl sites for hydroxylation is 1. The maximum atomic E-state index is 12.0. The maximum absolute atomic E-state index is 12.0. The Bertz CT molecular complexity index is 441. The fourth-order valence-electron chi connectivity index (χ4n) is 2.40. The summed E-state index contributed by atoms with van der Waals surface area (Å²) in [5.74, 6) is 1.21. The van der Waals surface area contributed by atoms with Crippen molar-refractivity contribution in [2.45, 2.75) is 45.4 Å². The number of nitrogens with zero attached hydrogens (tertiary/aromatic N) is 1. The maximum Gasteiger partial charge on any atom is 0.251 e. The lowest BCUT2D eigenvalue weighted by atomic mass is 9.83. The summed E-state index contributed by atoms with van der Waals surface area (Å²) in [6.07, 6.45) is 6.93. The van der Waals surface area contributed by atoms with E-state index < -0.39 is 0 Å². The van der Waals surface area contributed by atoms with Gasteiger partial charge in [-0.25, -0.2) is 4.98 Å². The number of hydrogen-bond acceptors (Lipinski definition) is 3. The van der Waals surface area contributed by atoms with Gasteiger partial charge < -0.3 is 11.1 Å². The lowest BCUT2D eigenvalue weighted by molar-refractivity contribution is 0.0949. The number of pyridine rings is 1. The second-order valence-corrected chi connectivity index (χ2v) is 5.36. The van der Waals surface area contributed by atoms with Gasteiger partial charge >= 0.3 is 0 Å². The number of aromatic nitrogens is 1. The highest BCUT2D eigenvalue weighted by Gasteiger charge is 2.17. The molecule has 0 radical (unpaired) electrons. The first-order valence-corrected chi connectivity index (χ1v) is 7.23. The average Bonchev–Trinajstić information content (AvgIpc) is 2.31. The predicted molar refractivity (Wildman–Crippen MR) is 76.9 cm³/mol. The van der Waals surface area contributed by atoms with Gasteiger partial charge in [-0.1, -0.05) is 32.6 Å². The molecule has 19 heavy (non-hydrogen) atoms. The van der Waals surface area contributed by atoms with E-state index >= 15 is 0 Å². The summed E-state index contributed by atoms with van der Waals surface area (Å²) in [6.45, 7) is 2.85. The molecule has 1 fully saturated rings. The molecule has 1 aliphatic rings. The van der Waals surface area contributed by atoms with Crippen LogP contribution in [0.5, 0.6) is 0 Å². The topological polar surface area (TPSA) is 68.0 Å². The number of anilines is 1. The molecule has 0 aromatic carbocycles. The van der Waals surface area contributed by atoms with Crippen molar-refractivity contribution in [2.75, 3.05) is 12.3 Å². The van der Waals surface area contributed by atoms with Crippen molar-refractivity contribution in [3.8, 4) is 0 Å². The fraction of sp³-hybridized carbons (Fsp3) is 0.600. The molecule has 0 bridgehead atoms. The summed E-state index contributed by atoms with van der Waals surface area (Å²) < 4.78 is 0. The summed E-state index contributed by atoms with van der Waals surface area (Å²) in [5.41, 5.74) is 7.27. The highest BCUT2D eigenvalue weighted by atomic mass is 16.1. The molecule has 2 rings (SSSR count). The van der Waals surface area contributed by atoms with Crippen LogP contribution in [0.3, 0.4) is 0 Å². The molecule has 1 aromatic heterocycles. The van der Waals surface area contributed by atoms with Crippen LogP contribution < -0.4 is 11.1 Å². The SMILES string of the molecule is CCCc1cc(C(=O)NCCC2CCC2)cc(N)n1.